The van der Waals surface area contributed by atoms with Crippen molar-refractivity contribution < 1.29 is 13.2 Å². The minimum absolute atomic E-state index is 0.0588. The summed E-state index contributed by atoms with van der Waals surface area (Å²) in [5.74, 6) is 0. The number of rotatable bonds is 3. The third-order valence-corrected chi connectivity index (χ3v) is 6.03. The van der Waals surface area contributed by atoms with Gasteiger partial charge in [-0.3, -0.25) is 0 Å². The minimum Gasteiger partial charge on any atom is -0.302 e. The highest BCUT2D eigenvalue weighted by Gasteiger charge is 2.50. The molecule has 2 rings (SSSR count). The molecule has 86 valence electrons. The zero-order valence-corrected chi connectivity index (χ0v) is 10.1. The zero-order chi connectivity index (χ0) is 11.8. The molecule has 1 aromatic carbocycles. The first-order valence-electron chi connectivity index (χ1n) is 4.99. The van der Waals surface area contributed by atoms with Crippen LogP contribution in [0, 0.1) is 0 Å². The topological polar surface area (TPSA) is 51.2 Å². The van der Waals surface area contributed by atoms with Crippen LogP contribution in [0.15, 0.2) is 29.2 Å². The lowest BCUT2D eigenvalue weighted by Gasteiger charge is -2.35. The highest BCUT2D eigenvalue weighted by molar-refractivity contribution is 7.93. The van der Waals surface area contributed by atoms with Crippen molar-refractivity contribution in [2.75, 3.05) is 0 Å². The number of hydrogen-bond donors (Lipinski definition) is 0. The summed E-state index contributed by atoms with van der Waals surface area (Å²) in [6.45, 7) is 0. The second-order valence-corrected chi connectivity index (χ2v) is 6.64. The normalized spacial score (nSPS) is 18.8. The molecule has 1 aliphatic rings. The van der Waals surface area contributed by atoms with Gasteiger partial charge in [0.1, 0.15) is 11.0 Å². The van der Waals surface area contributed by atoms with Crippen molar-refractivity contribution in [3.8, 4) is 0 Å². The van der Waals surface area contributed by atoms with Crippen LogP contribution in [0.3, 0.4) is 0 Å². The van der Waals surface area contributed by atoms with E-state index in [2.05, 4.69) is 0 Å². The largest absolute Gasteiger partial charge is 0.302 e. The predicted octanol–water partition coefficient (Wildman–Crippen LogP) is 2.24. The van der Waals surface area contributed by atoms with E-state index in [1.807, 2.05) is 0 Å². The highest BCUT2D eigenvalue weighted by atomic mass is 35.5. The van der Waals surface area contributed by atoms with E-state index in [1.54, 1.807) is 12.1 Å². The predicted molar refractivity (Wildman–Crippen MR) is 61.3 cm³/mol. The molecule has 0 aliphatic heterocycles. The highest BCUT2D eigenvalue weighted by Crippen LogP contribution is 2.42. The van der Waals surface area contributed by atoms with Gasteiger partial charge in [0.25, 0.3) is 0 Å². The molecule has 5 heteroatoms. The van der Waals surface area contributed by atoms with Gasteiger partial charge in [0.2, 0.25) is 0 Å². The zero-order valence-electron chi connectivity index (χ0n) is 8.52. The molecule has 0 atom stereocenters. The van der Waals surface area contributed by atoms with Crippen molar-refractivity contribution in [3.63, 3.8) is 0 Å². The smallest absolute Gasteiger partial charge is 0.192 e. The summed E-state index contributed by atoms with van der Waals surface area (Å²) >= 11 is 5.86. The van der Waals surface area contributed by atoms with Crippen molar-refractivity contribution >= 4 is 27.7 Å². The van der Waals surface area contributed by atoms with Crippen LogP contribution in [0.2, 0.25) is 5.02 Å². The van der Waals surface area contributed by atoms with Crippen LogP contribution < -0.4 is 0 Å². The van der Waals surface area contributed by atoms with Crippen LogP contribution in [0.5, 0.6) is 0 Å². The Balaban J connectivity index is 2.55. The average Bonchev–Trinajstić information content (AvgIpc) is 2.16. The van der Waals surface area contributed by atoms with Gasteiger partial charge >= 0.3 is 0 Å². The SMILES string of the molecule is O=CC1(S(=O)(=O)c2ccccc2Cl)CCC1. The summed E-state index contributed by atoms with van der Waals surface area (Å²) in [5.41, 5.74) is 0. The Morgan fingerprint density at radius 2 is 1.88 bits per heavy atom. The van der Waals surface area contributed by atoms with E-state index in [1.165, 1.54) is 12.1 Å². The molecule has 0 heterocycles. The van der Waals surface area contributed by atoms with Gasteiger partial charge in [0, 0.05) is 0 Å². The van der Waals surface area contributed by atoms with Crippen molar-refractivity contribution in [3.05, 3.63) is 29.3 Å². The van der Waals surface area contributed by atoms with Crippen LogP contribution in [0.25, 0.3) is 0 Å². The summed E-state index contributed by atoms with van der Waals surface area (Å²) in [6.07, 6.45) is 2.10. The average molecular weight is 259 g/mol. The van der Waals surface area contributed by atoms with Gasteiger partial charge < -0.3 is 4.79 Å². The third-order valence-electron chi connectivity index (χ3n) is 3.08. The van der Waals surface area contributed by atoms with Crippen LogP contribution >= 0.6 is 11.6 Å². The molecule has 1 fully saturated rings. The first-order chi connectivity index (χ1) is 7.53. The third kappa shape index (κ3) is 1.48. The van der Waals surface area contributed by atoms with E-state index in [0.717, 1.165) is 6.42 Å². The van der Waals surface area contributed by atoms with Gasteiger partial charge in [0.05, 0.1) is 9.92 Å². The first kappa shape index (κ1) is 11.6. The molecule has 1 saturated carbocycles. The first-order valence-corrected chi connectivity index (χ1v) is 6.85. The molecule has 0 saturated heterocycles. The molecule has 0 bridgehead atoms. The molecule has 0 amide bonds. The molecule has 16 heavy (non-hydrogen) atoms. The lowest BCUT2D eigenvalue weighted by molar-refractivity contribution is -0.111. The lowest BCUT2D eigenvalue weighted by Crippen LogP contribution is -2.46. The Kier molecular flexibility index (Phi) is 2.80. The lowest BCUT2D eigenvalue weighted by atomic mass is 9.86. The Morgan fingerprint density at radius 3 is 2.31 bits per heavy atom. The van der Waals surface area contributed by atoms with Crippen molar-refractivity contribution in [1.29, 1.82) is 0 Å². The Bertz CT molecular complexity index is 518. The van der Waals surface area contributed by atoms with E-state index in [9.17, 15) is 13.2 Å². The fourth-order valence-electron chi connectivity index (χ4n) is 1.86. The summed E-state index contributed by atoms with van der Waals surface area (Å²) in [6, 6.07) is 6.23. The van der Waals surface area contributed by atoms with Gasteiger partial charge in [-0.25, -0.2) is 8.42 Å². The van der Waals surface area contributed by atoms with Gasteiger partial charge in [-0.05, 0) is 31.4 Å². The van der Waals surface area contributed by atoms with E-state index < -0.39 is 14.6 Å². The molecule has 0 N–H and O–H groups in total. The van der Waals surface area contributed by atoms with Crippen LogP contribution in [-0.2, 0) is 14.6 Å². The standard InChI is InChI=1S/C11H11ClO3S/c12-9-4-1-2-5-10(9)16(14,15)11(8-13)6-3-7-11/h1-2,4-5,8H,3,6-7H2. The number of carbonyl (C=O) groups is 1. The maximum atomic E-state index is 12.3. The fraction of sp³-hybridized carbons (Fsp3) is 0.364. The van der Waals surface area contributed by atoms with E-state index in [0.29, 0.717) is 19.1 Å². The van der Waals surface area contributed by atoms with Gasteiger partial charge in [-0.2, -0.15) is 0 Å². The molecular weight excluding hydrogens is 248 g/mol. The van der Waals surface area contributed by atoms with E-state index >= 15 is 0 Å². The number of hydrogen-bond acceptors (Lipinski definition) is 3. The summed E-state index contributed by atoms with van der Waals surface area (Å²) in [5, 5.41) is 0.177. The van der Waals surface area contributed by atoms with Crippen LogP contribution in [-0.4, -0.2) is 19.5 Å². The molecule has 0 aromatic heterocycles. The van der Waals surface area contributed by atoms with Crippen molar-refractivity contribution in [2.45, 2.75) is 28.9 Å². The quantitative estimate of drug-likeness (QED) is 0.782. The Labute approximate surface area is 99.3 Å². The number of sulfone groups is 1. The summed E-state index contributed by atoms with van der Waals surface area (Å²) in [7, 11) is -3.64. The van der Waals surface area contributed by atoms with Crippen molar-refractivity contribution in [2.24, 2.45) is 0 Å². The monoisotopic (exact) mass is 258 g/mol. The second-order valence-electron chi connectivity index (χ2n) is 3.97. The Hall–Kier alpha value is -0.870. The number of halogens is 1. The maximum Gasteiger partial charge on any atom is 0.192 e. The molecule has 1 aliphatic carbocycles. The van der Waals surface area contributed by atoms with Crippen LogP contribution in [0.4, 0.5) is 0 Å². The maximum absolute atomic E-state index is 12.3. The number of carbonyl (C=O) groups excluding carboxylic acids is 1. The molecule has 1 aromatic rings. The van der Waals surface area contributed by atoms with E-state index in [-0.39, 0.29) is 9.92 Å². The molecule has 3 nitrogen and oxygen atoms in total. The molecule has 0 spiro atoms. The molecular formula is C11H11ClO3S. The van der Waals surface area contributed by atoms with Gasteiger partial charge in [0.15, 0.2) is 9.84 Å². The molecule has 0 unspecified atom stereocenters. The summed E-state index contributed by atoms with van der Waals surface area (Å²) < 4.78 is 23.3. The van der Waals surface area contributed by atoms with Crippen LogP contribution in [0.1, 0.15) is 19.3 Å². The second kappa shape index (κ2) is 3.86. The molecule has 0 radical (unpaired) electrons. The number of aldehydes is 1. The Morgan fingerprint density at radius 1 is 1.25 bits per heavy atom. The van der Waals surface area contributed by atoms with Gasteiger partial charge in [-0.1, -0.05) is 23.7 Å². The number of benzene rings is 1. The van der Waals surface area contributed by atoms with E-state index in [4.69, 9.17) is 11.6 Å². The van der Waals surface area contributed by atoms with Gasteiger partial charge in [-0.15, -0.1) is 0 Å². The van der Waals surface area contributed by atoms with Crippen molar-refractivity contribution in [1.82, 2.24) is 0 Å². The summed E-state index contributed by atoms with van der Waals surface area (Å²) in [4.78, 5) is 11.1. The minimum atomic E-state index is -3.64. The fourth-order valence-corrected chi connectivity index (χ4v) is 4.27.